The van der Waals surface area contributed by atoms with Crippen LogP contribution in [0, 0.1) is 5.82 Å². The third-order valence-corrected chi connectivity index (χ3v) is 4.02. The van der Waals surface area contributed by atoms with Crippen LogP contribution in [-0.4, -0.2) is 27.7 Å². The molecule has 25 heavy (non-hydrogen) atoms. The molecule has 0 aliphatic carbocycles. The molecule has 0 fully saturated rings. The number of aromatic carboxylic acids is 1. The van der Waals surface area contributed by atoms with Crippen molar-refractivity contribution in [3.63, 3.8) is 0 Å². The number of aromatic nitrogens is 2. The first-order valence-corrected chi connectivity index (χ1v) is 7.73. The van der Waals surface area contributed by atoms with Crippen molar-refractivity contribution in [1.82, 2.24) is 9.55 Å². The van der Waals surface area contributed by atoms with Crippen molar-refractivity contribution in [3.8, 4) is 16.9 Å². The summed E-state index contributed by atoms with van der Waals surface area (Å²) in [5, 5.41) is 9.64. The van der Waals surface area contributed by atoms with Gasteiger partial charge in [0.1, 0.15) is 17.3 Å². The maximum atomic E-state index is 15.2. The topological polar surface area (TPSA) is 64.4 Å². The van der Waals surface area contributed by atoms with Crippen LogP contribution >= 0.6 is 11.6 Å². The lowest BCUT2D eigenvalue weighted by molar-refractivity contribution is 0.0685. The summed E-state index contributed by atoms with van der Waals surface area (Å²) < 4.78 is 21.8. The molecule has 7 heteroatoms. The summed E-state index contributed by atoms with van der Waals surface area (Å²) >= 11 is 6.01. The highest BCUT2D eigenvalue weighted by Crippen LogP contribution is 2.35. The number of carboxylic acids is 1. The molecule has 1 N–H and O–H groups in total. The molecule has 0 aliphatic rings. The predicted molar refractivity (Wildman–Crippen MR) is 91.7 cm³/mol. The largest absolute Gasteiger partial charge is 0.496 e. The first-order chi connectivity index (χ1) is 12.0. The van der Waals surface area contributed by atoms with Crippen molar-refractivity contribution in [2.24, 2.45) is 0 Å². The van der Waals surface area contributed by atoms with Gasteiger partial charge in [-0.15, -0.1) is 0 Å². The summed E-state index contributed by atoms with van der Waals surface area (Å²) in [6, 6.07) is 10.0. The molecule has 5 nitrogen and oxygen atoms in total. The molecule has 0 radical (unpaired) electrons. The number of benzene rings is 2. The van der Waals surface area contributed by atoms with Gasteiger partial charge in [-0.05, 0) is 23.8 Å². The Balaban J connectivity index is 2.09. The summed E-state index contributed by atoms with van der Waals surface area (Å²) in [6.45, 7) is 0.0328. The van der Waals surface area contributed by atoms with Gasteiger partial charge in [0.25, 0.3) is 0 Å². The average Bonchev–Trinajstić information content (AvgIpc) is 3.05. The van der Waals surface area contributed by atoms with Gasteiger partial charge in [-0.1, -0.05) is 29.8 Å². The van der Waals surface area contributed by atoms with E-state index in [2.05, 4.69) is 4.98 Å². The molecule has 1 aromatic heterocycles. The summed E-state index contributed by atoms with van der Waals surface area (Å²) in [4.78, 5) is 15.0. The predicted octanol–water partition coefficient (Wildman–Crippen LogP) is 4.10. The highest BCUT2D eigenvalue weighted by molar-refractivity contribution is 6.30. The number of carbonyl (C=O) groups is 1. The number of hydrogen-bond donors (Lipinski definition) is 1. The Hall–Kier alpha value is -2.86. The number of halogens is 2. The lowest BCUT2D eigenvalue weighted by Gasteiger charge is -2.14. The van der Waals surface area contributed by atoms with Gasteiger partial charge >= 0.3 is 5.97 Å². The van der Waals surface area contributed by atoms with Crippen molar-refractivity contribution in [1.29, 1.82) is 0 Å². The first-order valence-electron chi connectivity index (χ1n) is 7.36. The third kappa shape index (κ3) is 3.34. The van der Waals surface area contributed by atoms with E-state index in [1.54, 1.807) is 36.4 Å². The Kier molecular flexibility index (Phi) is 4.72. The molecule has 2 aromatic carbocycles. The summed E-state index contributed by atoms with van der Waals surface area (Å²) in [5.74, 6) is -1.25. The smallest absolute Gasteiger partial charge is 0.354 e. The summed E-state index contributed by atoms with van der Waals surface area (Å²) in [6.07, 6.45) is 2.58. The quantitative estimate of drug-likeness (QED) is 0.744. The Labute approximate surface area is 148 Å². The number of imidazole rings is 1. The third-order valence-electron chi connectivity index (χ3n) is 3.79. The molecule has 0 bridgehead atoms. The van der Waals surface area contributed by atoms with Crippen LogP contribution in [0.4, 0.5) is 4.39 Å². The van der Waals surface area contributed by atoms with Crippen molar-refractivity contribution in [3.05, 3.63) is 71.0 Å². The minimum atomic E-state index is -1.12. The van der Waals surface area contributed by atoms with E-state index >= 15 is 4.39 Å². The number of hydrogen-bond acceptors (Lipinski definition) is 3. The summed E-state index contributed by atoms with van der Waals surface area (Å²) in [5.41, 5.74) is 1.16. The normalized spacial score (nSPS) is 10.7. The maximum absolute atomic E-state index is 15.2. The van der Waals surface area contributed by atoms with Gasteiger partial charge in [0, 0.05) is 10.6 Å². The van der Waals surface area contributed by atoms with Gasteiger partial charge in [0.05, 0.1) is 31.7 Å². The van der Waals surface area contributed by atoms with Gasteiger partial charge < -0.3 is 14.4 Å². The molecule has 0 atom stereocenters. The number of carboxylic acid groups (broad SMARTS) is 1. The number of methoxy groups -OCH3 is 1. The van der Waals surface area contributed by atoms with Crippen LogP contribution < -0.4 is 4.74 Å². The lowest BCUT2D eigenvalue weighted by atomic mass is 10.0. The van der Waals surface area contributed by atoms with Gasteiger partial charge in [0.15, 0.2) is 0 Å². The Morgan fingerprint density at radius 1 is 1.36 bits per heavy atom. The van der Waals surface area contributed by atoms with E-state index in [0.29, 0.717) is 21.9 Å². The molecule has 0 saturated carbocycles. The SMILES string of the molecule is COc1ccc(Cn2cncc2C(=O)O)c(F)c1-c1cccc(Cl)c1. The average molecular weight is 361 g/mol. The Morgan fingerprint density at radius 3 is 2.84 bits per heavy atom. The zero-order chi connectivity index (χ0) is 18.0. The monoisotopic (exact) mass is 360 g/mol. The van der Waals surface area contributed by atoms with E-state index in [4.69, 9.17) is 21.4 Å². The molecule has 1 heterocycles. The van der Waals surface area contributed by atoms with Crippen molar-refractivity contribution in [2.45, 2.75) is 6.54 Å². The highest BCUT2D eigenvalue weighted by atomic mass is 35.5. The van der Waals surface area contributed by atoms with Crippen molar-refractivity contribution >= 4 is 17.6 Å². The zero-order valence-electron chi connectivity index (χ0n) is 13.2. The van der Waals surface area contributed by atoms with Gasteiger partial charge in [0.2, 0.25) is 0 Å². The molecular formula is C18H14ClFN2O3. The fraction of sp³-hybridized carbons (Fsp3) is 0.111. The van der Waals surface area contributed by atoms with Crippen LogP contribution in [0.5, 0.6) is 5.75 Å². The number of ether oxygens (including phenoxy) is 1. The van der Waals surface area contributed by atoms with Crippen LogP contribution in [-0.2, 0) is 6.54 Å². The van der Waals surface area contributed by atoms with E-state index in [1.165, 1.54) is 24.2 Å². The van der Waals surface area contributed by atoms with E-state index in [-0.39, 0.29) is 17.8 Å². The summed E-state index contributed by atoms with van der Waals surface area (Å²) in [7, 11) is 1.46. The second-order valence-electron chi connectivity index (χ2n) is 5.34. The van der Waals surface area contributed by atoms with E-state index < -0.39 is 11.8 Å². The molecule has 3 rings (SSSR count). The van der Waals surface area contributed by atoms with Crippen LogP contribution in [0.3, 0.4) is 0 Å². The Morgan fingerprint density at radius 2 is 2.16 bits per heavy atom. The van der Waals surface area contributed by atoms with E-state index in [9.17, 15) is 4.79 Å². The van der Waals surface area contributed by atoms with Gasteiger partial charge in [-0.25, -0.2) is 14.2 Å². The second kappa shape index (κ2) is 6.94. The standard InChI is InChI=1S/C18H14ClFN2O3/c1-25-15-6-5-12(9-22-10-21-8-14(22)18(23)24)17(20)16(15)11-3-2-4-13(19)7-11/h2-8,10H,9H2,1H3,(H,23,24). The minimum absolute atomic E-state index is 0.0143. The van der Waals surface area contributed by atoms with Crippen molar-refractivity contribution < 1.29 is 19.0 Å². The molecule has 128 valence electrons. The lowest BCUT2D eigenvalue weighted by Crippen LogP contribution is -2.10. The van der Waals surface area contributed by atoms with Gasteiger partial charge in [-0.2, -0.15) is 0 Å². The van der Waals surface area contributed by atoms with Crippen molar-refractivity contribution in [2.75, 3.05) is 7.11 Å². The van der Waals surface area contributed by atoms with Crippen LogP contribution in [0.2, 0.25) is 5.02 Å². The molecule has 0 saturated heterocycles. The fourth-order valence-corrected chi connectivity index (χ4v) is 2.81. The Bertz CT molecular complexity index is 940. The van der Waals surface area contributed by atoms with Crippen LogP contribution in [0.25, 0.3) is 11.1 Å². The number of rotatable bonds is 5. The van der Waals surface area contributed by atoms with E-state index in [0.717, 1.165) is 0 Å². The van der Waals surface area contributed by atoms with E-state index in [1.807, 2.05) is 0 Å². The fourth-order valence-electron chi connectivity index (χ4n) is 2.62. The molecule has 0 aliphatic heterocycles. The highest BCUT2D eigenvalue weighted by Gasteiger charge is 2.18. The number of nitrogens with zero attached hydrogens (tertiary/aromatic N) is 2. The zero-order valence-corrected chi connectivity index (χ0v) is 14.0. The maximum Gasteiger partial charge on any atom is 0.354 e. The minimum Gasteiger partial charge on any atom is -0.496 e. The molecular weight excluding hydrogens is 347 g/mol. The van der Waals surface area contributed by atoms with Crippen LogP contribution in [0.15, 0.2) is 48.9 Å². The molecule has 0 amide bonds. The molecule has 3 aromatic rings. The molecule has 0 unspecified atom stereocenters. The molecule has 0 spiro atoms. The first kappa shape index (κ1) is 17.0. The van der Waals surface area contributed by atoms with Gasteiger partial charge in [-0.3, -0.25) is 0 Å². The van der Waals surface area contributed by atoms with Crippen LogP contribution in [0.1, 0.15) is 16.1 Å². The second-order valence-corrected chi connectivity index (χ2v) is 5.77.